The minimum absolute atomic E-state index is 0.0560. The summed E-state index contributed by atoms with van der Waals surface area (Å²) in [6.07, 6.45) is 1.54. The summed E-state index contributed by atoms with van der Waals surface area (Å²) in [5.74, 6) is -0.336. The zero-order chi connectivity index (χ0) is 15.3. The van der Waals surface area contributed by atoms with Crippen LogP contribution in [0.25, 0.3) is 0 Å². The van der Waals surface area contributed by atoms with Gasteiger partial charge in [-0.15, -0.1) is 0 Å². The molecule has 1 heterocycles. The van der Waals surface area contributed by atoms with Crippen LogP contribution >= 0.6 is 0 Å². The minimum atomic E-state index is -0.301. The molecule has 0 bridgehead atoms. The predicted octanol–water partition coefficient (Wildman–Crippen LogP) is 1.77. The molecule has 1 N–H and O–H groups in total. The molecular formula is C15H23N3O2. The minimum Gasteiger partial charge on any atom is -0.350 e. The number of hydrogen-bond acceptors (Lipinski definition) is 3. The van der Waals surface area contributed by atoms with Crippen molar-refractivity contribution < 1.29 is 9.59 Å². The summed E-state index contributed by atoms with van der Waals surface area (Å²) in [5.41, 5.74) is 1.06. The Hall–Kier alpha value is -1.91. The summed E-state index contributed by atoms with van der Waals surface area (Å²) in [6.45, 7) is 9.98. The zero-order valence-corrected chi connectivity index (χ0v) is 12.9. The molecule has 0 fully saturated rings. The first-order valence-corrected chi connectivity index (χ1v) is 6.76. The number of likely N-dealkylation sites (N-methyl/N-ethyl adjacent to an activating group) is 1. The van der Waals surface area contributed by atoms with Gasteiger partial charge in [0, 0.05) is 24.0 Å². The van der Waals surface area contributed by atoms with E-state index in [9.17, 15) is 9.59 Å². The highest BCUT2D eigenvalue weighted by atomic mass is 16.2. The third-order valence-electron chi connectivity index (χ3n) is 2.68. The van der Waals surface area contributed by atoms with Crippen LogP contribution in [0.2, 0.25) is 0 Å². The van der Waals surface area contributed by atoms with Crippen molar-refractivity contribution >= 4 is 11.8 Å². The molecule has 0 atom stereocenters. The average molecular weight is 277 g/mol. The van der Waals surface area contributed by atoms with E-state index in [2.05, 4.69) is 10.3 Å². The van der Waals surface area contributed by atoms with E-state index in [4.69, 9.17) is 0 Å². The molecule has 0 saturated heterocycles. The van der Waals surface area contributed by atoms with Crippen molar-refractivity contribution in [3.8, 4) is 0 Å². The lowest BCUT2D eigenvalue weighted by Crippen LogP contribution is -2.47. The van der Waals surface area contributed by atoms with Crippen molar-refractivity contribution in [3.05, 3.63) is 29.6 Å². The maximum atomic E-state index is 12.3. The van der Waals surface area contributed by atoms with Gasteiger partial charge < -0.3 is 10.2 Å². The number of hydrogen-bond donors (Lipinski definition) is 1. The van der Waals surface area contributed by atoms with Crippen molar-refractivity contribution in [2.24, 2.45) is 0 Å². The fraction of sp³-hybridized carbons (Fsp3) is 0.533. The molecule has 1 aromatic heterocycles. The van der Waals surface area contributed by atoms with Crippen LogP contribution in [0.1, 0.15) is 43.7 Å². The second-order valence-electron chi connectivity index (χ2n) is 5.81. The number of carbonyl (C=O) groups is 2. The third-order valence-corrected chi connectivity index (χ3v) is 2.68. The lowest BCUT2D eigenvalue weighted by Gasteiger charge is -2.25. The Morgan fingerprint density at radius 3 is 2.40 bits per heavy atom. The summed E-state index contributed by atoms with van der Waals surface area (Å²) in [5, 5.41) is 2.85. The van der Waals surface area contributed by atoms with Crippen LogP contribution in [0.5, 0.6) is 0 Å². The highest BCUT2D eigenvalue weighted by Gasteiger charge is 2.20. The Balaban J connectivity index is 2.73. The van der Waals surface area contributed by atoms with Gasteiger partial charge in [0.1, 0.15) is 0 Å². The molecule has 0 aliphatic heterocycles. The topological polar surface area (TPSA) is 62.3 Å². The van der Waals surface area contributed by atoms with Gasteiger partial charge in [-0.1, -0.05) is 0 Å². The smallest absolute Gasteiger partial charge is 0.255 e. The van der Waals surface area contributed by atoms with E-state index in [1.165, 1.54) is 4.90 Å². The van der Waals surface area contributed by atoms with Crippen LogP contribution in [0.3, 0.4) is 0 Å². The van der Waals surface area contributed by atoms with Crippen molar-refractivity contribution in [1.82, 2.24) is 15.2 Å². The quantitative estimate of drug-likeness (QED) is 0.912. The number of nitrogens with zero attached hydrogens (tertiary/aromatic N) is 2. The van der Waals surface area contributed by atoms with E-state index in [-0.39, 0.29) is 23.9 Å². The van der Waals surface area contributed by atoms with Crippen LogP contribution in [-0.4, -0.2) is 40.3 Å². The number of aryl methyl sites for hydroxylation is 1. The van der Waals surface area contributed by atoms with E-state index >= 15 is 0 Å². The molecule has 0 saturated carbocycles. The molecule has 0 aliphatic carbocycles. The molecule has 110 valence electrons. The molecule has 5 nitrogen and oxygen atoms in total. The van der Waals surface area contributed by atoms with Crippen LogP contribution < -0.4 is 5.32 Å². The Morgan fingerprint density at radius 2 is 1.95 bits per heavy atom. The van der Waals surface area contributed by atoms with Gasteiger partial charge in [0.05, 0.1) is 12.1 Å². The van der Waals surface area contributed by atoms with Gasteiger partial charge in [0.2, 0.25) is 5.91 Å². The number of carbonyl (C=O) groups excluding carboxylic acids is 2. The summed E-state index contributed by atoms with van der Waals surface area (Å²) in [4.78, 5) is 29.8. The van der Waals surface area contributed by atoms with E-state index in [0.717, 1.165) is 5.69 Å². The zero-order valence-electron chi connectivity index (χ0n) is 12.9. The van der Waals surface area contributed by atoms with Crippen molar-refractivity contribution in [1.29, 1.82) is 0 Å². The first kappa shape index (κ1) is 16.1. The number of aromatic nitrogens is 1. The molecule has 1 rings (SSSR count). The van der Waals surface area contributed by atoms with Gasteiger partial charge in [-0.2, -0.15) is 0 Å². The fourth-order valence-electron chi connectivity index (χ4n) is 1.74. The Kier molecular flexibility index (Phi) is 5.25. The van der Waals surface area contributed by atoms with Crippen LogP contribution in [-0.2, 0) is 4.79 Å². The van der Waals surface area contributed by atoms with E-state index in [0.29, 0.717) is 12.1 Å². The maximum absolute atomic E-state index is 12.3. The van der Waals surface area contributed by atoms with E-state index in [1.807, 2.05) is 34.6 Å². The molecular weight excluding hydrogens is 254 g/mol. The third kappa shape index (κ3) is 4.99. The van der Waals surface area contributed by atoms with Crippen LogP contribution in [0.15, 0.2) is 18.3 Å². The summed E-state index contributed by atoms with van der Waals surface area (Å²) >= 11 is 0. The Bertz CT molecular complexity index is 475. The van der Waals surface area contributed by atoms with E-state index < -0.39 is 0 Å². The van der Waals surface area contributed by atoms with Crippen molar-refractivity contribution in [3.63, 3.8) is 0 Å². The van der Waals surface area contributed by atoms with Crippen LogP contribution in [0.4, 0.5) is 0 Å². The average Bonchev–Trinajstić information content (AvgIpc) is 2.34. The molecule has 20 heavy (non-hydrogen) atoms. The summed E-state index contributed by atoms with van der Waals surface area (Å²) < 4.78 is 0. The number of rotatable bonds is 4. The predicted molar refractivity (Wildman–Crippen MR) is 78.4 cm³/mol. The number of nitrogens with one attached hydrogen (secondary N) is 1. The molecule has 0 spiro atoms. The molecule has 0 aliphatic rings. The summed E-state index contributed by atoms with van der Waals surface area (Å²) in [7, 11) is 0. The highest BCUT2D eigenvalue weighted by molar-refractivity contribution is 5.96. The molecule has 0 aromatic carbocycles. The van der Waals surface area contributed by atoms with Crippen molar-refractivity contribution in [2.75, 3.05) is 13.1 Å². The molecule has 2 amide bonds. The van der Waals surface area contributed by atoms with Gasteiger partial charge >= 0.3 is 0 Å². The van der Waals surface area contributed by atoms with Gasteiger partial charge in [-0.05, 0) is 46.8 Å². The lowest BCUT2D eigenvalue weighted by molar-refractivity contribution is -0.123. The highest BCUT2D eigenvalue weighted by Crippen LogP contribution is 2.05. The number of amides is 2. The second kappa shape index (κ2) is 6.50. The maximum Gasteiger partial charge on any atom is 0.255 e. The Labute approximate surface area is 120 Å². The second-order valence-corrected chi connectivity index (χ2v) is 5.81. The SMILES string of the molecule is CCN(CC(=O)NC(C)(C)C)C(=O)c1ccc(C)nc1. The monoisotopic (exact) mass is 277 g/mol. The van der Waals surface area contributed by atoms with Gasteiger partial charge in [-0.25, -0.2) is 0 Å². The largest absolute Gasteiger partial charge is 0.350 e. The first-order chi connectivity index (χ1) is 9.23. The van der Waals surface area contributed by atoms with Gasteiger partial charge in [0.15, 0.2) is 0 Å². The lowest BCUT2D eigenvalue weighted by atomic mass is 10.1. The molecule has 0 radical (unpaired) electrons. The van der Waals surface area contributed by atoms with Gasteiger partial charge in [0.25, 0.3) is 5.91 Å². The fourth-order valence-corrected chi connectivity index (χ4v) is 1.74. The normalized spacial score (nSPS) is 11.1. The van der Waals surface area contributed by atoms with Gasteiger partial charge in [-0.3, -0.25) is 14.6 Å². The molecule has 1 aromatic rings. The first-order valence-electron chi connectivity index (χ1n) is 6.76. The number of pyridine rings is 1. The molecule has 5 heteroatoms. The van der Waals surface area contributed by atoms with Crippen molar-refractivity contribution in [2.45, 2.75) is 40.2 Å². The van der Waals surface area contributed by atoms with E-state index in [1.54, 1.807) is 18.3 Å². The Morgan fingerprint density at radius 1 is 1.30 bits per heavy atom. The molecule has 0 unspecified atom stereocenters. The summed E-state index contributed by atoms with van der Waals surface area (Å²) in [6, 6.07) is 3.52. The standard InChI is InChI=1S/C15H23N3O2/c1-6-18(10-13(19)17-15(3,4)5)14(20)12-8-7-11(2)16-9-12/h7-9H,6,10H2,1-5H3,(H,17,19). The van der Waals surface area contributed by atoms with Crippen LogP contribution in [0, 0.1) is 6.92 Å².